The number of fused-ring (bicyclic) bond motifs is 2. The maximum Gasteiger partial charge on any atom is 0.0732 e. The fourth-order valence-electron chi connectivity index (χ4n) is 3.37. The lowest BCUT2D eigenvalue weighted by Gasteiger charge is -2.23. The Morgan fingerprint density at radius 2 is 2.00 bits per heavy atom. The molecule has 1 N–H and O–H groups in total. The average Bonchev–Trinajstić information content (AvgIpc) is 2.49. The summed E-state index contributed by atoms with van der Waals surface area (Å²) < 4.78 is 1.21. The number of hydrogen-bond donors (Lipinski definition) is 1. The molecule has 1 aliphatic rings. The van der Waals surface area contributed by atoms with Gasteiger partial charge in [0, 0.05) is 27.8 Å². The first-order valence-electron chi connectivity index (χ1n) is 7.98. The highest BCUT2D eigenvalue weighted by Gasteiger charge is 2.20. The van der Waals surface area contributed by atoms with Gasteiger partial charge in [0.2, 0.25) is 0 Å². The van der Waals surface area contributed by atoms with Crippen LogP contribution in [-0.2, 0) is 12.8 Å². The van der Waals surface area contributed by atoms with Crippen LogP contribution in [0.25, 0.3) is 10.9 Å². The minimum atomic E-state index is 1.02. The molecular formula is C18H23BrN2. The molecule has 0 bridgehead atoms. The second kappa shape index (κ2) is 5.96. The zero-order valence-corrected chi connectivity index (χ0v) is 14.7. The summed E-state index contributed by atoms with van der Waals surface area (Å²) in [7, 11) is 0. The maximum absolute atomic E-state index is 4.99. The van der Waals surface area contributed by atoms with Crippen LogP contribution in [0.5, 0.6) is 0 Å². The first-order valence-corrected chi connectivity index (χ1v) is 8.77. The molecule has 0 radical (unpaired) electrons. The van der Waals surface area contributed by atoms with E-state index in [1.807, 2.05) is 0 Å². The molecule has 0 atom stereocenters. The highest BCUT2D eigenvalue weighted by atomic mass is 79.9. The van der Waals surface area contributed by atoms with Crippen LogP contribution in [0, 0.1) is 13.8 Å². The Kier molecular flexibility index (Phi) is 4.21. The van der Waals surface area contributed by atoms with Crippen molar-refractivity contribution in [1.82, 2.24) is 4.98 Å². The highest BCUT2D eigenvalue weighted by Crippen LogP contribution is 2.38. The van der Waals surface area contributed by atoms with E-state index in [0.29, 0.717) is 0 Å². The second-order valence-electron chi connectivity index (χ2n) is 6.07. The van der Waals surface area contributed by atoms with Crippen LogP contribution < -0.4 is 5.32 Å². The standard InChI is InChI=1S/C18H23BrN2/c1-4-9-20-18-13-7-5-6-8-14(13)21-15-10-11(2)17(19)12(3)16(15)18/h10H,4-9H2,1-3H3,(H,20,21). The lowest BCUT2D eigenvalue weighted by molar-refractivity contribution is 0.672. The molecule has 3 rings (SSSR count). The molecule has 1 aromatic carbocycles. The fraction of sp³-hybridized carbons (Fsp3) is 0.500. The van der Waals surface area contributed by atoms with Gasteiger partial charge in [-0.15, -0.1) is 0 Å². The molecule has 0 amide bonds. The molecule has 1 aliphatic carbocycles. The van der Waals surface area contributed by atoms with E-state index < -0.39 is 0 Å². The van der Waals surface area contributed by atoms with Gasteiger partial charge in [0.1, 0.15) is 0 Å². The molecule has 0 fully saturated rings. The normalized spacial score (nSPS) is 14.3. The van der Waals surface area contributed by atoms with Crippen molar-refractivity contribution < 1.29 is 0 Å². The fourth-order valence-corrected chi connectivity index (χ4v) is 3.68. The van der Waals surface area contributed by atoms with Crippen molar-refractivity contribution in [2.75, 3.05) is 11.9 Å². The van der Waals surface area contributed by atoms with E-state index in [9.17, 15) is 0 Å². The first kappa shape index (κ1) is 14.8. The third-order valence-corrected chi connectivity index (χ3v) is 5.68. The molecule has 2 aromatic rings. The van der Waals surface area contributed by atoms with Crippen molar-refractivity contribution in [2.24, 2.45) is 0 Å². The summed E-state index contributed by atoms with van der Waals surface area (Å²) in [6, 6.07) is 2.22. The number of anilines is 1. The van der Waals surface area contributed by atoms with Gasteiger partial charge in [0.15, 0.2) is 0 Å². The van der Waals surface area contributed by atoms with E-state index in [1.165, 1.54) is 50.8 Å². The Morgan fingerprint density at radius 3 is 2.76 bits per heavy atom. The van der Waals surface area contributed by atoms with Crippen molar-refractivity contribution >= 4 is 32.5 Å². The molecule has 0 saturated heterocycles. The number of aromatic nitrogens is 1. The monoisotopic (exact) mass is 346 g/mol. The van der Waals surface area contributed by atoms with E-state index in [-0.39, 0.29) is 0 Å². The SMILES string of the molecule is CCCNc1c2c(nc3cc(C)c(Br)c(C)c13)CCCC2. The van der Waals surface area contributed by atoms with E-state index in [4.69, 9.17) is 4.98 Å². The van der Waals surface area contributed by atoms with Crippen LogP contribution in [0.3, 0.4) is 0 Å². The van der Waals surface area contributed by atoms with Gasteiger partial charge in [0.25, 0.3) is 0 Å². The summed E-state index contributed by atoms with van der Waals surface area (Å²) in [5, 5.41) is 5.00. The Bertz CT molecular complexity index is 692. The van der Waals surface area contributed by atoms with Gasteiger partial charge in [-0.25, -0.2) is 0 Å². The number of halogens is 1. The number of pyridine rings is 1. The van der Waals surface area contributed by atoms with Gasteiger partial charge in [-0.2, -0.15) is 0 Å². The molecule has 0 saturated carbocycles. The first-order chi connectivity index (χ1) is 10.1. The number of nitrogens with one attached hydrogen (secondary N) is 1. The Balaban J connectivity index is 2.32. The van der Waals surface area contributed by atoms with Crippen LogP contribution in [0.4, 0.5) is 5.69 Å². The summed E-state index contributed by atoms with van der Waals surface area (Å²) in [6.45, 7) is 7.59. The van der Waals surface area contributed by atoms with Crippen LogP contribution >= 0.6 is 15.9 Å². The van der Waals surface area contributed by atoms with E-state index in [0.717, 1.165) is 31.3 Å². The maximum atomic E-state index is 4.99. The Morgan fingerprint density at radius 1 is 1.24 bits per heavy atom. The molecule has 0 spiro atoms. The van der Waals surface area contributed by atoms with E-state index >= 15 is 0 Å². The molecule has 112 valence electrons. The van der Waals surface area contributed by atoms with Crippen molar-refractivity contribution in [1.29, 1.82) is 0 Å². The number of rotatable bonds is 3. The smallest absolute Gasteiger partial charge is 0.0732 e. The van der Waals surface area contributed by atoms with Crippen molar-refractivity contribution in [3.05, 3.63) is 32.9 Å². The number of hydrogen-bond acceptors (Lipinski definition) is 2. The van der Waals surface area contributed by atoms with E-state index in [2.05, 4.69) is 48.1 Å². The summed E-state index contributed by atoms with van der Waals surface area (Å²) >= 11 is 3.74. The van der Waals surface area contributed by atoms with Crippen LogP contribution in [0.1, 0.15) is 48.6 Å². The second-order valence-corrected chi connectivity index (χ2v) is 6.87. The average molecular weight is 347 g/mol. The van der Waals surface area contributed by atoms with Gasteiger partial charge >= 0.3 is 0 Å². The predicted octanol–water partition coefficient (Wildman–Crippen LogP) is 5.31. The van der Waals surface area contributed by atoms with Crippen molar-refractivity contribution in [3.63, 3.8) is 0 Å². The number of nitrogens with zero attached hydrogens (tertiary/aromatic N) is 1. The number of aryl methyl sites for hydroxylation is 3. The lowest BCUT2D eigenvalue weighted by Crippen LogP contribution is -2.12. The summed E-state index contributed by atoms with van der Waals surface area (Å²) in [4.78, 5) is 4.99. The van der Waals surface area contributed by atoms with Gasteiger partial charge in [-0.05, 0) is 68.7 Å². The van der Waals surface area contributed by atoms with Crippen LogP contribution in [0.15, 0.2) is 10.5 Å². The Hall–Kier alpha value is -1.09. The minimum absolute atomic E-state index is 1.02. The van der Waals surface area contributed by atoms with Gasteiger partial charge in [0.05, 0.1) is 5.52 Å². The Labute approximate surface area is 135 Å². The molecular weight excluding hydrogens is 324 g/mol. The molecule has 0 unspecified atom stereocenters. The minimum Gasteiger partial charge on any atom is -0.384 e. The predicted molar refractivity (Wildman–Crippen MR) is 94.3 cm³/mol. The van der Waals surface area contributed by atoms with Gasteiger partial charge in [-0.1, -0.05) is 22.9 Å². The molecule has 0 aliphatic heterocycles. The molecule has 1 heterocycles. The van der Waals surface area contributed by atoms with Gasteiger partial charge < -0.3 is 5.32 Å². The molecule has 2 nitrogen and oxygen atoms in total. The molecule has 1 aromatic heterocycles. The molecule has 21 heavy (non-hydrogen) atoms. The lowest BCUT2D eigenvalue weighted by atomic mass is 9.91. The third kappa shape index (κ3) is 2.57. The zero-order chi connectivity index (χ0) is 15.0. The van der Waals surface area contributed by atoms with Crippen molar-refractivity contribution in [2.45, 2.75) is 52.9 Å². The van der Waals surface area contributed by atoms with E-state index in [1.54, 1.807) is 0 Å². The molecule has 3 heteroatoms. The highest BCUT2D eigenvalue weighted by molar-refractivity contribution is 9.10. The quantitative estimate of drug-likeness (QED) is 0.813. The van der Waals surface area contributed by atoms with Gasteiger partial charge in [-0.3, -0.25) is 4.98 Å². The summed E-state index contributed by atoms with van der Waals surface area (Å²) in [6.07, 6.45) is 5.99. The largest absolute Gasteiger partial charge is 0.384 e. The summed E-state index contributed by atoms with van der Waals surface area (Å²) in [5.41, 5.74) is 7.84. The third-order valence-electron chi connectivity index (χ3n) is 4.46. The van der Waals surface area contributed by atoms with Crippen molar-refractivity contribution in [3.8, 4) is 0 Å². The summed E-state index contributed by atoms with van der Waals surface area (Å²) in [5.74, 6) is 0. The van der Waals surface area contributed by atoms with Crippen LogP contribution in [0.2, 0.25) is 0 Å². The topological polar surface area (TPSA) is 24.9 Å². The number of benzene rings is 1. The van der Waals surface area contributed by atoms with Crippen LogP contribution in [-0.4, -0.2) is 11.5 Å². The zero-order valence-electron chi connectivity index (χ0n) is 13.1.